The van der Waals surface area contributed by atoms with Crippen LogP contribution in [0.1, 0.15) is 15.9 Å². The van der Waals surface area contributed by atoms with Crippen molar-refractivity contribution in [2.45, 2.75) is 6.92 Å². The Kier molecular flexibility index (Phi) is 5.32. The van der Waals surface area contributed by atoms with Crippen molar-refractivity contribution in [2.75, 3.05) is 24.3 Å². The van der Waals surface area contributed by atoms with Gasteiger partial charge in [0.15, 0.2) is 0 Å². The molecule has 0 aliphatic carbocycles. The number of nitrogens with one attached hydrogen (secondary N) is 2. The molecule has 2 aromatic rings. The van der Waals surface area contributed by atoms with Gasteiger partial charge in [0.2, 0.25) is 5.91 Å². The van der Waals surface area contributed by atoms with Gasteiger partial charge in [0.1, 0.15) is 5.75 Å². The predicted octanol–water partition coefficient (Wildman–Crippen LogP) is 2.15. The number of aryl methyl sites for hydroxylation is 1. The van der Waals surface area contributed by atoms with Crippen LogP contribution in [0.3, 0.4) is 0 Å². The second kappa shape index (κ2) is 7.42. The average Bonchev–Trinajstić information content (AvgIpc) is 2.57. The average molecular weight is 313 g/mol. The molecule has 0 atom stereocenters. The Bertz CT molecular complexity index is 729. The van der Waals surface area contributed by atoms with Crippen LogP contribution < -0.4 is 21.1 Å². The number of hydrogen-bond acceptors (Lipinski definition) is 4. The lowest BCUT2D eigenvalue weighted by Gasteiger charge is -2.13. The number of carbonyl (C=O) groups excluding carboxylic acids is 2. The monoisotopic (exact) mass is 313 g/mol. The van der Waals surface area contributed by atoms with Gasteiger partial charge in [-0.15, -0.1) is 0 Å². The molecule has 0 aliphatic heterocycles. The van der Waals surface area contributed by atoms with Crippen molar-refractivity contribution in [3.63, 3.8) is 0 Å². The maximum Gasteiger partial charge on any atom is 0.255 e. The molecule has 0 radical (unpaired) electrons. The maximum absolute atomic E-state index is 12.4. The van der Waals surface area contributed by atoms with Gasteiger partial charge in [-0.3, -0.25) is 9.59 Å². The zero-order valence-electron chi connectivity index (χ0n) is 13.1. The lowest BCUT2D eigenvalue weighted by Crippen LogP contribution is -2.23. The Hall–Kier alpha value is -2.86. The zero-order chi connectivity index (χ0) is 16.8. The number of hydrogen-bond donors (Lipinski definition) is 3. The molecular weight excluding hydrogens is 294 g/mol. The van der Waals surface area contributed by atoms with E-state index < -0.39 is 0 Å². The van der Waals surface area contributed by atoms with Crippen molar-refractivity contribution in [1.29, 1.82) is 0 Å². The highest BCUT2D eigenvalue weighted by molar-refractivity contribution is 6.07. The van der Waals surface area contributed by atoms with Gasteiger partial charge in [-0.25, -0.2) is 0 Å². The van der Waals surface area contributed by atoms with Crippen LogP contribution in [0.4, 0.5) is 11.4 Å². The summed E-state index contributed by atoms with van der Waals surface area (Å²) in [7, 11) is 1.54. The SMILES string of the molecule is COc1cccc(C(=O)Nc2ccc(C)cc2NC(=O)CN)c1. The largest absolute Gasteiger partial charge is 0.497 e. The first-order chi connectivity index (χ1) is 11.0. The Balaban J connectivity index is 2.24. The Morgan fingerprint density at radius 2 is 1.87 bits per heavy atom. The summed E-state index contributed by atoms with van der Waals surface area (Å²) >= 11 is 0. The fourth-order valence-corrected chi connectivity index (χ4v) is 2.03. The fraction of sp³-hybridized carbons (Fsp3) is 0.176. The van der Waals surface area contributed by atoms with E-state index >= 15 is 0 Å². The molecule has 0 bridgehead atoms. The number of rotatable bonds is 5. The molecular formula is C17H19N3O3. The van der Waals surface area contributed by atoms with Gasteiger partial charge in [0.05, 0.1) is 25.0 Å². The Morgan fingerprint density at radius 1 is 1.09 bits per heavy atom. The van der Waals surface area contributed by atoms with Crippen molar-refractivity contribution in [1.82, 2.24) is 0 Å². The van der Waals surface area contributed by atoms with Crippen molar-refractivity contribution < 1.29 is 14.3 Å². The number of anilines is 2. The molecule has 4 N–H and O–H groups in total. The van der Waals surface area contributed by atoms with E-state index in [1.54, 1.807) is 36.4 Å². The quantitative estimate of drug-likeness (QED) is 0.788. The van der Waals surface area contributed by atoms with Gasteiger partial charge < -0.3 is 21.1 Å². The molecule has 2 amide bonds. The van der Waals surface area contributed by atoms with Crippen molar-refractivity contribution in [3.05, 3.63) is 53.6 Å². The molecule has 0 saturated carbocycles. The van der Waals surface area contributed by atoms with Crippen molar-refractivity contribution in [2.24, 2.45) is 5.73 Å². The van der Waals surface area contributed by atoms with Crippen LogP contribution in [0.2, 0.25) is 0 Å². The number of methoxy groups -OCH3 is 1. The molecule has 0 unspecified atom stereocenters. The molecule has 120 valence electrons. The molecule has 0 fully saturated rings. The van der Waals surface area contributed by atoms with E-state index in [0.29, 0.717) is 22.7 Å². The minimum atomic E-state index is -0.326. The number of amides is 2. The maximum atomic E-state index is 12.4. The van der Waals surface area contributed by atoms with Crippen molar-refractivity contribution in [3.8, 4) is 5.75 Å². The Labute approximate surface area is 134 Å². The molecule has 6 heteroatoms. The number of carbonyl (C=O) groups is 2. The molecule has 23 heavy (non-hydrogen) atoms. The minimum Gasteiger partial charge on any atom is -0.497 e. The third-order valence-corrected chi connectivity index (χ3v) is 3.21. The van der Waals surface area contributed by atoms with Crippen LogP contribution in [0.15, 0.2) is 42.5 Å². The summed E-state index contributed by atoms with van der Waals surface area (Å²) in [4.78, 5) is 23.9. The van der Waals surface area contributed by atoms with Gasteiger partial charge >= 0.3 is 0 Å². The second-order valence-electron chi connectivity index (χ2n) is 4.99. The normalized spacial score (nSPS) is 10.0. The van der Waals surface area contributed by atoms with Crippen molar-refractivity contribution >= 4 is 23.2 Å². The first-order valence-corrected chi connectivity index (χ1v) is 7.09. The predicted molar refractivity (Wildman–Crippen MR) is 89.8 cm³/mol. The highest BCUT2D eigenvalue weighted by atomic mass is 16.5. The number of nitrogens with two attached hydrogens (primary N) is 1. The lowest BCUT2D eigenvalue weighted by molar-refractivity contribution is -0.114. The molecule has 2 rings (SSSR count). The first kappa shape index (κ1) is 16.5. The summed E-state index contributed by atoms with van der Waals surface area (Å²) in [6, 6.07) is 12.2. The Morgan fingerprint density at radius 3 is 2.57 bits per heavy atom. The summed E-state index contributed by atoms with van der Waals surface area (Å²) in [6.07, 6.45) is 0. The van der Waals surface area contributed by atoms with Crippen LogP contribution in [0.5, 0.6) is 5.75 Å². The topological polar surface area (TPSA) is 93.5 Å². The van der Waals surface area contributed by atoms with E-state index in [0.717, 1.165) is 5.56 Å². The first-order valence-electron chi connectivity index (χ1n) is 7.09. The highest BCUT2D eigenvalue weighted by Crippen LogP contribution is 2.24. The summed E-state index contributed by atoms with van der Waals surface area (Å²) in [6.45, 7) is 1.77. The van der Waals surface area contributed by atoms with Gasteiger partial charge in [0, 0.05) is 5.56 Å². The van der Waals surface area contributed by atoms with E-state index in [1.165, 1.54) is 7.11 Å². The van der Waals surface area contributed by atoms with Crippen LogP contribution in [-0.2, 0) is 4.79 Å². The van der Waals surface area contributed by atoms with Gasteiger partial charge in [-0.05, 0) is 42.8 Å². The van der Waals surface area contributed by atoms with Gasteiger partial charge in [-0.2, -0.15) is 0 Å². The van der Waals surface area contributed by atoms with Gasteiger partial charge in [-0.1, -0.05) is 12.1 Å². The molecule has 0 saturated heterocycles. The smallest absolute Gasteiger partial charge is 0.255 e. The third-order valence-electron chi connectivity index (χ3n) is 3.21. The molecule has 6 nitrogen and oxygen atoms in total. The van der Waals surface area contributed by atoms with Crippen LogP contribution >= 0.6 is 0 Å². The molecule has 0 aromatic heterocycles. The summed E-state index contributed by atoms with van der Waals surface area (Å²) in [5, 5.41) is 5.46. The summed E-state index contributed by atoms with van der Waals surface area (Å²) in [5.41, 5.74) is 7.75. The molecule has 0 aliphatic rings. The summed E-state index contributed by atoms with van der Waals surface area (Å²) < 4.78 is 5.11. The van der Waals surface area contributed by atoms with E-state index in [2.05, 4.69) is 10.6 Å². The van der Waals surface area contributed by atoms with E-state index in [9.17, 15) is 9.59 Å². The lowest BCUT2D eigenvalue weighted by atomic mass is 10.1. The molecule has 0 heterocycles. The minimum absolute atomic E-state index is 0.128. The van der Waals surface area contributed by atoms with Gasteiger partial charge in [0.25, 0.3) is 5.91 Å². The van der Waals surface area contributed by atoms with E-state index in [1.807, 2.05) is 13.0 Å². The standard InChI is InChI=1S/C17H19N3O3/c1-11-6-7-14(15(8-11)19-16(21)10-18)20-17(22)12-4-3-5-13(9-12)23-2/h3-9H,10,18H2,1-2H3,(H,19,21)(H,20,22). The highest BCUT2D eigenvalue weighted by Gasteiger charge is 2.11. The van der Waals surface area contributed by atoms with E-state index in [4.69, 9.17) is 10.5 Å². The number of benzene rings is 2. The summed E-state index contributed by atoms with van der Waals surface area (Å²) in [5.74, 6) is -0.0262. The zero-order valence-corrected chi connectivity index (χ0v) is 13.1. The van der Waals surface area contributed by atoms with Crippen LogP contribution in [0, 0.1) is 6.92 Å². The van der Waals surface area contributed by atoms with Crippen LogP contribution in [0.25, 0.3) is 0 Å². The third kappa shape index (κ3) is 4.31. The molecule has 0 spiro atoms. The molecule has 2 aromatic carbocycles. The second-order valence-corrected chi connectivity index (χ2v) is 4.99. The fourth-order valence-electron chi connectivity index (χ4n) is 2.03. The van der Waals surface area contributed by atoms with Crippen LogP contribution in [-0.4, -0.2) is 25.5 Å². The number of ether oxygens (including phenoxy) is 1. The van der Waals surface area contributed by atoms with E-state index in [-0.39, 0.29) is 18.4 Å².